The summed E-state index contributed by atoms with van der Waals surface area (Å²) in [6.45, 7) is 0.437. The number of furan rings is 1. The van der Waals surface area contributed by atoms with Crippen LogP contribution in [0.5, 0.6) is 0 Å². The molecule has 1 heterocycles. The van der Waals surface area contributed by atoms with E-state index in [9.17, 15) is 9.59 Å². The molecule has 2 amide bonds. The summed E-state index contributed by atoms with van der Waals surface area (Å²) in [5.74, 6) is 0.216. The van der Waals surface area contributed by atoms with Gasteiger partial charge in [0.15, 0.2) is 0 Å². The number of carbonyl (C=O) groups excluding carboxylic acids is 2. The quantitative estimate of drug-likeness (QED) is 0.490. The van der Waals surface area contributed by atoms with Gasteiger partial charge >= 0.3 is 0 Å². The van der Waals surface area contributed by atoms with Gasteiger partial charge in [0.25, 0.3) is 0 Å². The number of hydrogen-bond acceptors (Lipinski definition) is 3. The van der Waals surface area contributed by atoms with Gasteiger partial charge in [-0.3, -0.25) is 9.59 Å². The van der Waals surface area contributed by atoms with Gasteiger partial charge in [0.05, 0.1) is 12.7 Å². The molecule has 0 atom stereocenters. The van der Waals surface area contributed by atoms with Crippen LogP contribution in [0.1, 0.15) is 24.0 Å². The summed E-state index contributed by atoms with van der Waals surface area (Å²) in [4.78, 5) is 24.4. The zero-order valence-corrected chi connectivity index (χ0v) is 16.5. The molecule has 3 aromatic carbocycles. The third-order valence-electron chi connectivity index (χ3n) is 5.55. The second-order valence-electron chi connectivity index (χ2n) is 7.83. The Hall–Kier alpha value is -3.60. The predicted molar refractivity (Wildman–Crippen MR) is 117 cm³/mol. The Labute approximate surface area is 174 Å². The molecule has 0 saturated heterocycles. The summed E-state index contributed by atoms with van der Waals surface area (Å²) < 4.78 is 5.67. The Balaban J connectivity index is 1.23. The number of amides is 2. The van der Waals surface area contributed by atoms with Gasteiger partial charge in [-0.25, -0.2) is 0 Å². The molecule has 0 radical (unpaired) electrons. The molecule has 0 bridgehead atoms. The molecule has 5 rings (SSSR count). The Morgan fingerprint density at radius 3 is 2.57 bits per heavy atom. The predicted octanol–water partition coefficient (Wildman–Crippen LogP) is 4.79. The van der Waals surface area contributed by atoms with Crippen molar-refractivity contribution in [2.45, 2.75) is 25.8 Å². The molecule has 1 saturated carbocycles. The average Bonchev–Trinajstić information content (AvgIpc) is 3.55. The van der Waals surface area contributed by atoms with Crippen LogP contribution in [0.4, 0.5) is 5.69 Å². The van der Waals surface area contributed by atoms with Crippen molar-refractivity contribution in [1.82, 2.24) is 5.32 Å². The number of carbonyl (C=O) groups is 2. The van der Waals surface area contributed by atoms with Gasteiger partial charge in [0.2, 0.25) is 11.8 Å². The van der Waals surface area contributed by atoms with Gasteiger partial charge in [-0.05, 0) is 47.4 Å². The maximum atomic E-state index is 12.5. The number of anilines is 1. The van der Waals surface area contributed by atoms with E-state index in [0.717, 1.165) is 51.4 Å². The Morgan fingerprint density at radius 2 is 1.77 bits per heavy atom. The number of rotatable bonds is 6. The minimum atomic E-state index is -0.0586. The lowest BCUT2D eigenvalue weighted by molar-refractivity contribution is -0.120. The van der Waals surface area contributed by atoms with Gasteiger partial charge in [-0.2, -0.15) is 0 Å². The van der Waals surface area contributed by atoms with Crippen LogP contribution >= 0.6 is 0 Å². The molecule has 1 aliphatic carbocycles. The van der Waals surface area contributed by atoms with Gasteiger partial charge in [0, 0.05) is 29.1 Å². The lowest BCUT2D eigenvalue weighted by atomic mass is 10.0. The lowest BCUT2D eigenvalue weighted by Gasteiger charge is -2.08. The molecule has 1 fully saturated rings. The molecule has 0 unspecified atom stereocenters. The van der Waals surface area contributed by atoms with Gasteiger partial charge < -0.3 is 15.1 Å². The molecule has 0 spiro atoms. The van der Waals surface area contributed by atoms with Crippen LogP contribution in [0.3, 0.4) is 0 Å². The summed E-state index contributed by atoms with van der Waals surface area (Å²) in [5.41, 5.74) is 3.45. The highest BCUT2D eigenvalue weighted by atomic mass is 16.3. The Morgan fingerprint density at radius 1 is 0.967 bits per heavy atom. The minimum Gasteiger partial charge on any atom is -0.464 e. The fourth-order valence-corrected chi connectivity index (χ4v) is 3.74. The van der Waals surface area contributed by atoms with E-state index in [1.807, 2.05) is 48.5 Å². The molecule has 5 heteroatoms. The Bertz CT molecular complexity index is 1240. The van der Waals surface area contributed by atoms with E-state index in [1.165, 1.54) is 0 Å². The van der Waals surface area contributed by atoms with Gasteiger partial charge in [-0.15, -0.1) is 0 Å². The maximum absolute atomic E-state index is 12.5. The molecule has 30 heavy (non-hydrogen) atoms. The summed E-state index contributed by atoms with van der Waals surface area (Å²) >= 11 is 0. The standard InChI is InChI=1S/C25H22N2O3/c28-23(26-14-16-5-10-20(11-6-16)27-25(29)18-7-8-18)13-19-15-30-22-12-9-17-3-1-2-4-21(17)24(19)22/h1-6,9-12,15,18H,7-8,13-14H2,(H,26,28)(H,27,29). The number of fused-ring (bicyclic) bond motifs is 3. The smallest absolute Gasteiger partial charge is 0.227 e. The molecule has 1 aliphatic rings. The largest absolute Gasteiger partial charge is 0.464 e. The van der Waals surface area contributed by atoms with E-state index in [2.05, 4.69) is 22.8 Å². The molecule has 1 aromatic heterocycles. The van der Waals surface area contributed by atoms with Crippen LogP contribution in [-0.2, 0) is 22.6 Å². The monoisotopic (exact) mass is 398 g/mol. The minimum absolute atomic E-state index is 0.0586. The first-order chi connectivity index (χ1) is 14.7. The van der Waals surface area contributed by atoms with E-state index >= 15 is 0 Å². The van der Waals surface area contributed by atoms with Crippen LogP contribution in [0.2, 0.25) is 0 Å². The van der Waals surface area contributed by atoms with Gasteiger partial charge in [0.1, 0.15) is 5.58 Å². The third kappa shape index (κ3) is 3.79. The number of hydrogen-bond donors (Lipinski definition) is 2. The topological polar surface area (TPSA) is 71.3 Å². The molecule has 0 aliphatic heterocycles. The number of benzene rings is 3. The first-order valence-corrected chi connectivity index (χ1v) is 10.2. The van der Waals surface area contributed by atoms with Crippen molar-refractivity contribution in [1.29, 1.82) is 0 Å². The first kappa shape index (κ1) is 18.4. The maximum Gasteiger partial charge on any atom is 0.227 e. The van der Waals surface area contributed by atoms with Crippen LogP contribution in [0, 0.1) is 5.92 Å². The molecular weight excluding hydrogens is 376 g/mol. The fourth-order valence-electron chi connectivity index (χ4n) is 3.74. The highest BCUT2D eigenvalue weighted by Gasteiger charge is 2.29. The Kier molecular flexibility index (Phi) is 4.71. The second kappa shape index (κ2) is 7.67. The summed E-state index contributed by atoms with van der Waals surface area (Å²) in [7, 11) is 0. The first-order valence-electron chi connectivity index (χ1n) is 10.2. The van der Waals surface area contributed by atoms with Crippen LogP contribution in [0.25, 0.3) is 21.7 Å². The van der Waals surface area contributed by atoms with Crippen molar-refractivity contribution < 1.29 is 14.0 Å². The van der Waals surface area contributed by atoms with E-state index in [1.54, 1.807) is 6.26 Å². The highest BCUT2D eigenvalue weighted by molar-refractivity contribution is 6.08. The van der Waals surface area contributed by atoms with Gasteiger partial charge in [-0.1, -0.05) is 42.5 Å². The van der Waals surface area contributed by atoms with E-state index in [0.29, 0.717) is 6.54 Å². The number of nitrogens with one attached hydrogen (secondary N) is 2. The van der Waals surface area contributed by atoms with Crippen molar-refractivity contribution in [2.75, 3.05) is 5.32 Å². The van der Waals surface area contributed by atoms with Crippen LogP contribution in [0.15, 0.2) is 71.3 Å². The fraction of sp³-hybridized carbons (Fsp3) is 0.200. The van der Waals surface area contributed by atoms with Crippen LogP contribution in [-0.4, -0.2) is 11.8 Å². The molecule has 2 N–H and O–H groups in total. The molecule has 150 valence electrons. The average molecular weight is 398 g/mol. The zero-order valence-electron chi connectivity index (χ0n) is 16.5. The lowest BCUT2D eigenvalue weighted by Crippen LogP contribution is -2.24. The summed E-state index contributed by atoms with van der Waals surface area (Å²) in [6.07, 6.45) is 3.90. The summed E-state index contributed by atoms with van der Waals surface area (Å²) in [5, 5.41) is 9.11. The van der Waals surface area contributed by atoms with Crippen LogP contribution < -0.4 is 10.6 Å². The van der Waals surface area contributed by atoms with E-state index in [4.69, 9.17) is 4.42 Å². The molecule has 5 nitrogen and oxygen atoms in total. The zero-order chi connectivity index (χ0) is 20.5. The van der Waals surface area contributed by atoms with E-state index < -0.39 is 0 Å². The normalized spacial score (nSPS) is 13.5. The van der Waals surface area contributed by atoms with Crippen molar-refractivity contribution in [3.05, 3.63) is 78.1 Å². The molecule has 4 aromatic rings. The third-order valence-corrected chi connectivity index (χ3v) is 5.55. The second-order valence-corrected chi connectivity index (χ2v) is 7.83. The van der Waals surface area contributed by atoms with E-state index in [-0.39, 0.29) is 24.2 Å². The van der Waals surface area contributed by atoms with Crippen molar-refractivity contribution in [3.63, 3.8) is 0 Å². The highest BCUT2D eigenvalue weighted by Crippen LogP contribution is 2.31. The SMILES string of the molecule is O=C(Cc1coc2ccc3ccccc3c12)NCc1ccc(NC(=O)C2CC2)cc1. The molecular formula is C25H22N2O3. The van der Waals surface area contributed by atoms with Crippen molar-refractivity contribution in [2.24, 2.45) is 5.92 Å². The summed E-state index contributed by atoms with van der Waals surface area (Å²) in [6, 6.07) is 19.7. The van der Waals surface area contributed by atoms with Crippen molar-refractivity contribution in [3.8, 4) is 0 Å². The van der Waals surface area contributed by atoms with Crippen molar-refractivity contribution >= 4 is 39.2 Å².